The molecule has 2 aromatic rings. The summed E-state index contributed by atoms with van der Waals surface area (Å²) in [6.45, 7) is 1.31. The number of hydrogen-bond acceptors (Lipinski definition) is 4. The molecule has 0 unspecified atom stereocenters. The van der Waals surface area contributed by atoms with Gasteiger partial charge in [-0.2, -0.15) is 0 Å². The average Bonchev–Trinajstić information content (AvgIpc) is 2.78. The molecule has 0 atom stereocenters. The van der Waals surface area contributed by atoms with Crippen LogP contribution >= 0.6 is 22.9 Å². The molecule has 1 N–H and O–H groups in total. The maximum Gasteiger partial charge on any atom is 0.183 e. The fraction of sp³-hybridized carbons (Fsp3) is 0.250. The lowest BCUT2D eigenvalue weighted by atomic mass is 10.2. The minimum absolute atomic E-state index is 0.350. The normalized spacial score (nSPS) is 10.6. The number of ether oxygens (including phenoxy) is 1. The first kappa shape index (κ1) is 13.3. The minimum Gasteiger partial charge on any atom is -0.383 e. The maximum atomic E-state index is 12.9. The number of thiazole rings is 1. The van der Waals surface area contributed by atoms with Crippen molar-refractivity contribution in [2.45, 2.75) is 0 Å². The van der Waals surface area contributed by atoms with Crippen molar-refractivity contribution in [1.29, 1.82) is 0 Å². The van der Waals surface area contributed by atoms with E-state index in [1.165, 1.54) is 23.5 Å². The topological polar surface area (TPSA) is 34.1 Å². The van der Waals surface area contributed by atoms with E-state index < -0.39 is 0 Å². The van der Waals surface area contributed by atoms with Gasteiger partial charge in [0.1, 0.15) is 5.82 Å². The van der Waals surface area contributed by atoms with Gasteiger partial charge in [0.15, 0.2) is 5.13 Å². The highest BCUT2D eigenvalue weighted by molar-refractivity contribution is 7.14. The molecule has 18 heavy (non-hydrogen) atoms. The zero-order chi connectivity index (χ0) is 13.0. The Labute approximate surface area is 114 Å². The van der Waals surface area contributed by atoms with E-state index in [1.54, 1.807) is 13.2 Å². The number of methoxy groups -OCH3 is 1. The molecule has 96 valence electrons. The van der Waals surface area contributed by atoms with E-state index in [4.69, 9.17) is 16.3 Å². The van der Waals surface area contributed by atoms with E-state index in [0.29, 0.717) is 18.2 Å². The molecule has 0 aliphatic carbocycles. The molecule has 1 heterocycles. The van der Waals surface area contributed by atoms with Crippen LogP contribution in [0.4, 0.5) is 9.52 Å². The van der Waals surface area contributed by atoms with Gasteiger partial charge >= 0.3 is 0 Å². The number of halogens is 2. The summed E-state index contributed by atoms with van der Waals surface area (Å²) in [5.41, 5.74) is 1.47. The van der Waals surface area contributed by atoms with Gasteiger partial charge in [0.2, 0.25) is 0 Å². The Bertz CT molecular complexity index is 533. The SMILES string of the molecule is COCCNc1nc(-c2ccc(F)cc2Cl)cs1. The Morgan fingerprint density at radius 2 is 2.33 bits per heavy atom. The Hall–Kier alpha value is -1.17. The second kappa shape index (κ2) is 6.13. The molecule has 3 nitrogen and oxygen atoms in total. The summed E-state index contributed by atoms with van der Waals surface area (Å²) in [6.07, 6.45) is 0. The van der Waals surface area contributed by atoms with Crippen LogP contribution in [0.1, 0.15) is 0 Å². The molecule has 0 fully saturated rings. The van der Waals surface area contributed by atoms with E-state index in [1.807, 2.05) is 5.38 Å². The predicted octanol–water partition coefficient (Wildman–Crippen LogP) is 3.66. The second-order valence-electron chi connectivity index (χ2n) is 3.58. The Kier molecular flexibility index (Phi) is 4.52. The molecule has 0 amide bonds. The number of rotatable bonds is 5. The number of nitrogens with one attached hydrogen (secondary N) is 1. The summed E-state index contributed by atoms with van der Waals surface area (Å²) in [6, 6.07) is 4.29. The first-order chi connectivity index (χ1) is 8.70. The number of aromatic nitrogens is 1. The van der Waals surface area contributed by atoms with Crippen LogP contribution < -0.4 is 5.32 Å². The van der Waals surface area contributed by atoms with Gasteiger partial charge in [-0.25, -0.2) is 9.37 Å². The Morgan fingerprint density at radius 3 is 3.06 bits per heavy atom. The number of benzene rings is 1. The molecular weight excluding hydrogens is 275 g/mol. The highest BCUT2D eigenvalue weighted by Gasteiger charge is 2.08. The third-order valence-corrected chi connectivity index (χ3v) is 3.41. The van der Waals surface area contributed by atoms with Crippen LogP contribution in [0.25, 0.3) is 11.3 Å². The van der Waals surface area contributed by atoms with Crippen LogP contribution in [0.15, 0.2) is 23.6 Å². The number of hydrogen-bond donors (Lipinski definition) is 1. The summed E-state index contributed by atoms with van der Waals surface area (Å²) in [5.74, 6) is -0.350. The van der Waals surface area contributed by atoms with Crippen LogP contribution in [0, 0.1) is 5.82 Å². The highest BCUT2D eigenvalue weighted by Crippen LogP contribution is 2.30. The molecule has 0 spiro atoms. The fourth-order valence-corrected chi connectivity index (χ4v) is 2.44. The fourth-order valence-electron chi connectivity index (χ4n) is 1.44. The molecule has 6 heteroatoms. The van der Waals surface area contributed by atoms with Crippen molar-refractivity contribution in [3.05, 3.63) is 34.4 Å². The number of nitrogens with zero attached hydrogens (tertiary/aromatic N) is 1. The molecule has 0 bridgehead atoms. The van der Waals surface area contributed by atoms with Crippen LogP contribution in [-0.4, -0.2) is 25.2 Å². The average molecular weight is 287 g/mol. The van der Waals surface area contributed by atoms with Crippen LogP contribution in [0.3, 0.4) is 0 Å². The lowest BCUT2D eigenvalue weighted by molar-refractivity contribution is 0.211. The van der Waals surface area contributed by atoms with E-state index in [0.717, 1.165) is 16.4 Å². The zero-order valence-electron chi connectivity index (χ0n) is 9.74. The summed E-state index contributed by atoms with van der Waals surface area (Å²) in [5, 5.41) is 6.17. The second-order valence-corrected chi connectivity index (χ2v) is 4.85. The summed E-state index contributed by atoms with van der Waals surface area (Å²) in [4.78, 5) is 4.39. The lowest BCUT2D eigenvalue weighted by Gasteiger charge is -2.01. The molecule has 0 aliphatic rings. The van der Waals surface area contributed by atoms with Gasteiger partial charge in [-0.1, -0.05) is 11.6 Å². The molecule has 0 radical (unpaired) electrons. The van der Waals surface area contributed by atoms with Crippen LogP contribution in [0.2, 0.25) is 5.02 Å². The van der Waals surface area contributed by atoms with Crippen molar-refractivity contribution >= 4 is 28.1 Å². The standard InChI is InChI=1S/C12H12ClFN2OS/c1-17-5-4-15-12-16-11(7-18-12)9-3-2-8(14)6-10(9)13/h2-3,6-7H,4-5H2,1H3,(H,15,16). The first-order valence-electron chi connectivity index (χ1n) is 5.34. The Morgan fingerprint density at radius 1 is 1.50 bits per heavy atom. The smallest absolute Gasteiger partial charge is 0.183 e. The molecule has 1 aromatic heterocycles. The lowest BCUT2D eigenvalue weighted by Crippen LogP contribution is -2.07. The van der Waals surface area contributed by atoms with Crippen molar-refractivity contribution in [3.63, 3.8) is 0 Å². The number of anilines is 1. The first-order valence-corrected chi connectivity index (χ1v) is 6.60. The molecular formula is C12H12ClFN2OS. The summed E-state index contributed by atoms with van der Waals surface area (Å²) >= 11 is 7.46. The van der Waals surface area contributed by atoms with Gasteiger partial charge in [-0.3, -0.25) is 0 Å². The van der Waals surface area contributed by atoms with Crippen molar-refractivity contribution in [2.75, 3.05) is 25.6 Å². The molecule has 1 aromatic carbocycles. The van der Waals surface area contributed by atoms with Gasteiger partial charge in [-0.05, 0) is 18.2 Å². The van der Waals surface area contributed by atoms with E-state index in [2.05, 4.69) is 10.3 Å². The largest absolute Gasteiger partial charge is 0.383 e. The predicted molar refractivity (Wildman–Crippen MR) is 72.9 cm³/mol. The van der Waals surface area contributed by atoms with Crippen LogP contribution in [0.5, 0.6) is 0 Å². The Balaban J connectivity index is 2.13. The van der Waals surface area contributed by atoms with Gasteiger partial charge in [0.25, 0.3) is 0 Å². The van der Waals surface area contributed by atoms with E-state index in [-0.39, 0.29) is 5.82 Å². The maximum absolute atomic E-state index is 12.9. The quantitative estimate of drug-likeness (QED) is 0.852. The summed E-state index contributed by atoms with van der Waals surface area (Å²) < 4.78 is 17.9. The van der Waals surface area contributed by atoms with Crippen molar-refractivity contribution in [1.82, 2.24) is 4.98 Å². The third kappa shape index (κ3) is 3.19. The molecule has 2 rings (SSSR count). The van der Waals surface area contributed by atoms with Crippen molar-refractivity contribution < 1.29 is 9.13 Å². The van der Waals surface area contributed by atoms with Gasteiger partial charge in [0.05, 0.1) is 17.3 Å². The minimum atomic E-state index is -0.350. The monoisotopic (exact) mass is 286 g/mol. The van der Waals surface area contributed by atoms with E-state index in [9.17, 15) is 4.39 Å². The van der Waals surface area contributed by atoms with Gasteiger partial charge < -0.3 is 10.1 Å². The third-order valence-electron chi connectivity index (χ3n) is 2.29. The zero-order valence-corrected chi connectivity index (χ0v) is 11.3. The highest BCUT2D eigenvalue weighted by atomic mass is 35.5. The van der Waals surface area contributed by atoms with Crippen molar-refractivity contribution in [3.8, 4) is 11.3 Å². The van der Waals surface area contributed by atoms with Crippen molar-refractivity contribution in [2.24, 2.45) is 0 Å². The molecule has 0 aliphatic heterocycles. The van der Waals surface area contributed by atoms with Gasteiger partial charge in [-0.15, -0.1) is 11.3 Å². The molecule has 0 saturated carbocycles. The van der Waals surface area contributed by atoms with Gasteiger partial charge in [0, 0.05) is 24.6 Å². The van der Waals surface area contributed by atoms with E-state index >= 15 is 0 Å². The van der Waals surface area contributed by atoms with Crippen LogP contribution in [-0.2, 0) is 4.74 Å². The summed E-state index contributed by atoms with van der Waals surface area (Å²) in [7, 11) is 1.65. The molecule has 0 saturated heterocycles.